The Balaban J connectivity index is 1.94. The van der Waals surface area contributed by atoms with Gasteiger partial charge in [0.2, 0.25) is 0 Å². The van der Waals surface area contributed by atoms with Crippen LogP contribution in [0.1, 0.15) is 55.1 Å². The van der Waals surface area contributed by atoms with Crippen LogP contribution < -0.4 is 4.90 Å². The van der Waals surface area contributed by atoms with Crippen LogP contribution in [-0.4, -0.2) is 23.3 Å². The van der Waals surface area contributed by atoms with Crippen molar-refractivity contribution in [3.8, 4) is 0 Å². The molecule has 5 nitrogen and oxygen atoms in total. The molecule has 0 amide bonds. The molecule has 0 N–H and O–H groups in total. The second kappa shape index (κ2) is 5.75. The Labute approximate surface area is 128 Å². The summed E-state index contributed by atoms with van der Waals surface area (Å²) in [5, 5.41) is 12.0. The summed E-state index contributed by atoms with van der Waals surface area (Å²) >= 11 is 1.29. The molecule has 0 spiro atoms. The zero-order valence-electron chi connectivity index (χ0n) is 12.2. The van der Waals surface area contributed by atoms with E-state index in [1.54, 1.807) is 0 Å². The number of nitro groups is 1. The second-order valence-electron chi connectivity index (χ2n) is 6.06. The molecule has 0 aromatic carbocycles. The topological polar surface area (TPSA) is 63.4 Å². The summed E-state index contributed by atoms with van der Waals surface area (Å²) in [5.74, 6) is 0.570. The number of carbonyl (C=O) groups is 1. The van der Waals surface area contributed by atoms with Crippen LogP contribution in [0, 0.1) is 16.0 Å². The van der Waals surface area contributed by atoms with Crippen LogP contribution >= 0.6 is 11.3 Å². The van der Waals surface area contributed by atoms with Gasteiger partial charge in [-0.3, -0.25) is 14.9 Å². The first-order valence-electron chi connectivity index (χ1n) is 7.63. The molecule has 1 saturated carbocycles. The van der Waals surface area contributed by atoms with Crippen molar-refractivity contribution in [2.75, 3.05) is 11.4 Å². The molecule has 1 aromatic rings. The summed E-state index contributed by atoms with van der Waals surface area (Å²) in [5.41, 5.74) is 0.107. The highest BCUT2D eigenvalue weighted by Gasteiger charge is 2.37. The van der Waals surface area contributed by atoms with Crippen molar-refractivity contribution in [1.82, 2.24) is 0 Å². The summed E-state index contributed by atoms with van der Waals surface area (Å²) in [7, 11) is 0. The minimum absolute atomic E-state index is 0.0917. The van der Waals surface area contributed by atoms with E-state index in [9.17, 15) is 14.9 Å². The van der Waals surface area contributed by atoms with Crippen LogP contribution in [0.25, 0.3) is 0 Å². The van der Waals surface area contributed by atoms with Gasteiger partial charge in [-0.15, -0.1) is 11.3 Å². The molecule has 1 saturated heterocycles. The van der Waals surface area contributed by atoms with Crippen molar-refractivity contribution in [2.45, 2.75) is 51.5 Å². The molecule has 1 aromatic heterocycles. The number of Topliss-reactive ketones (excluding diaryl/α,β-unsaturated/α-hetero) is 1. The lowest BCUT2D eigenvalue weighted by Gasteiger charge is -2.29. The molecule has 0 bridgehead atoms. The maximum absolute atomic E-state index is 11.6. The minimum atomic E-state index is -0.345. The van der Waals surface area contributed by atoms with E-state index in [-0.39, 0.29) is 16.4 Å². The van der Waals surface area contributed by atoms with E-state index in [2.05, 4.69) is 4.90 Å². The van der Waals surface area contributed by atoms with Gasteiger partial charge in [-0.2, -0.15) is 0 Å². The molecule has 2 heterocycles. The largest absolute Gasteiger partial charge is 0.355 e. The number of hydrogen-bond acceptors (Lipinski definition) is 5. The average molecular weight is 308 g/mol. The Morgan fingerprint density at radius 3 is 2.67 bits per heavy atom. The van der Waals surface area contributed by atoms with Gasteiger partial charge in [0.25, 0.3) is 0 Å². The molecule has 2 aliphatic rings. The quantitative estimate of drug-likeness (QED) is 0.479. The number of nitrogens with zero attached hydrogens (tertiary/aromatic N) is 2. The lowest BCUT2D eigenvalue weighted by molar-refractivity contribution is -0.383. The van der Waals surface area contributed by atoms with Gasteiger partial charge in [-0.25, -0.2) is 0 Å². The van der Waals surface area contributed by atoms with Gasteiger partial charge < -0.3 is 4.90 Å². The van der Waals surface area contributed by atoms with Gasteiger partial charge in [0, 0.05) is 18.7 Å². The Bertz CT molecular complexity index is 563. The van der Waals surface area contributed by atoms with E-state index in [0.717, 1.165) is 19.4 Å². The fourth-order valence-corrected chi connectivity index (χ4v) is 4.86. The fraction of sp³-hybridized carbons (Fsp3) is 0.667. The molecule has 21 heavy (non-hydrogen) atoms. The highest BCUT2D eigenvalue weighted by molar-refractivity contribution is 7.18. The van der Waals surface area contributed by atoms with E-state index in [1.165, 1.54) is 50.0 Å². The second-order valence-corrected chi connectivity index (χ2v) is 7.09. The lowest BCUT2D eigenvalue weighted by atomic mass is 9.96. The summed E-state index contributed by atoms with van der Waals surface area (Å²) in [6, 6.07) is 1.87. The molecule has 114 valence electrons. The third-order valence-electron chi connectivity index (χ3n) is 4.74. The minimum Gasteiger partial charge on any atom is -0.355 e. The average Bonchev–Trinajstić information content (AvgIpc) is 3.17. The van der Waals surface area contributed by atoms with E-state index >= 15 is 0 Å². The van der Waals surface area contributed by atoms with Gasteiger partial charge in [0.1, 0.15) is 0 Å². The van der Waals surface area contributed by atoms with Crippen molar-refractivity contribution in [2.24, 2.45) is 5.92 Å². The third kappa shape index (κ3) is 2.69. The van der Waals surface area contributed by atoms with Crippen LogP contribution in [0.4, 0.5) is 10.7 Å². The van der Waals surface area contributed by atoms with E-state index in [1.807, 2.05) is 0 Å². The predicted octanol–water partition coefficient (Wildman–Crippen LogP) is 4.02. The van der Waals surface area contributed by atoms with Gasteiger partial charge in [-0.1, -0.05) is 12.8 Å². The highest BCUT2D eigenvalue weighted by atomic mass is 32.1. The molecular formula is C15H20N2O3S. The van der Waals surface area contributed by atoms with Crippen molar-refractivity contribution >= 4 is 27.8 Å². The number of thiophene rings is 1. The SMILES string of the molecule is CC(=O)c1cc([N+](=O)[O-])c(N2CCCC2C2CCCC2)s1. The van der Waals surface area contributed by atoms with Crippen molar-refractivity contribution in [3.05, 3.63) is 21.1 Å². The van der Waals surface area contributed by atoms with Crippen LogP contribution in [0.15, 0.2) is 6.07 Å². The summed E-state index contributed by atoms with van der Waals surface area (Å²) in [6.45, 7) is 2.34. The number of carbonyl (C=O) groups excluding carboxylic acids is 1. The highest BCUT2D eigenvalue weighted by Crippen LogP contribution is 2.44. The van der Waals surface area contributed by atoms with Gasteiger partial charge >= 0.3 is 5.69 Å². The van der Waals surface area contributed by atoms with E-state index in [0.29, 0.717) is 21.8 Å². The van der Waals surface area contributed by atoms with E-state index in [4.69, 9.17) is 0 Å². The summed E-state index contributed by atoms with van der Waals surface area (Å²) in [4.78, 5) is 25.2. The molecular weight excluding hydrogens is 288 g/mol. The smallest absolute Gasteiger partial charge is 0.304 e. The summed E-state index contributed by atoms with van der Waals surface area (Å²) in [6.07, 6.45) is 7.24. The maximum Gasteiger partial charge on any atom is 0.304 e. The Kier molecular flexibility index (Phi) is 3.97. The van der Waals surface area contributed by atoms with Crippen molar-refractivity contribution in [3.63, 3.8) is 0 Å². The molecule has 2 fully saturated rings. The molecule has 1 unspecified atom stereocenters. The van der Waals surface area contributed by atoms with E-state index < -0.39 is 0 Å². The molecule has 1 aliphatic carbocycles. The van der Waals surface area contributed by atoms with Gasteiger partial charge in [0.15, 0.2) is 10.8 Å². The molecule has 6 heteroatoms. The number of rotatable bonds is 4. The zero-order chi connectivity index (χ0) is 15.0. The van der Waals surface area contributed by atoms with Crippen molar-refractivity contribution in [1.29, 1.82) is 0 Å². The monoisotopic (exact) mass is 308 g/mol. The third-order valence-corrected chi connectivity index (χ3v) is 6.00. The predicted molar refractivity (Wildman–Crippen MR) is 83.3 cm³/mol. The van der Waals surface area contributed by atoms with Crippen LogP contribution in [0.3, 0.4) is 0 Å². The Morgan fingerprint density at radius 1 is 1.33 bits per heavy atom. The molecule has 1 atom stereocenters. The fourth-order valence-electron chi connectivity index (χ4n) is 3.76. The number of anilines is 1. The Hall–Kier alpha value is -1.43. The molecule has 3 rings (SSSR count). The number of hydrogen-bond donors (Lipinski definition) is 0. The number of ketones is 1. The molecule has 1 aliphatic heterocycles. The molecule has 0 radical (unpaired) electrons. The summed E-state index contributed by atoms with van der Waals surface area (Å²) < 4.78 is 0. The van der Waals surface area contributed by atoms with Crippen LogP contribution in [0.5, 0.6) is 0 Å². The lowest BCUT2D eigenvalue weighted by Crippen LogP contribution is -2.34. The first kappa shape index (κ1) is 14.5. The van der Waals surface area contributed by atoms with Gasteiger partial charge in [0.05, 0.1) is 9.80 Å². The normalized spacial score (nSPS) is 22.9. The first-order chi connectivity index (χ1) is 10.1. The van der Waals surface area contributed by atoms with Crippen molar-refractivity contribution < 1.29 is 9.72 Å². The first-order valence-corrected chi connectivity index (χ1v) is 8.45. The maximum atomic E-state index is 11.6. The van der Waals surface area contributed by atoms with Crippen LogP contribution in [0.2, 0.25) is 0 Å². The zero-order valence-corrected chi connectivity index (χ0v) is 13.0. The standard InChI is InChI=1S/C15H20N2O3S/c1-10(18)14-9-13(17(19)20)15(21-14)16-8-4-7-12(16)11-5-2-3-6-11/h9,11-12H,2-8H2,1H3. The van der Waals surface area contributed by atoms with Crippen LogP contribution in [-0.2, 0) is 0 Å². The van der Waals surface area contributed by atoms with Gasteiger partial charge in [-0.05, 0) is 38.5 Å². The Morgan fingerprint density at radius 2 is 2.05 bits per heavy atom.